The topological polar surface area (TPSA) is 127 Å². The third-order valence-electron chi connectivity index (χ3n) is 4.65. The van der Waals surface area contributed by atoms with Gasteiger partial charge >= 0.3 is 11.4 Å². The Labute approximate surface area is 157 Å². The van der Waals surface area contributed by atoms with Crippen molar-refractivity contribution in [3.63, 3.8) is 0 Å². The molecule has 0 aliphatic heterocycles. The summed E-state index contributed by atoms with van der Waals surface area (Å²) in [6.07, 6.45) is 0. The Hall–Kier alpha value is -4.20. The number of benzene rings is 4. The van der Waals surface area contributed by atoms with Crippen molar-refractivity contribution in [2.45, 2.75) is 0 Å². The number of hydrogen-bond donors (Lipinski definition) is 2. The van der Waals surface area contributed by atoms with Gasteiger partial charge in [-0.1, -0.05) is 48.5 Å². The van der Waals surface area contributed by atoms with Crippen LogP contribution >= 0.6 is 0 Å². The van der Waals surface area contributed by atoms with E-state index in [0.29, 0.717) is 21.5 Å². The summed E-state index contributed by atoms with van der Waals surface area (Å²) in [5.74, 6) is -1.32. The van der Waals surface area contributed by atoms with E-state index in [-0.39, 0.29) is 11.1 Å². The van der Waals surface area contributed by atoms with Gasteiger partial charge in [0.05, 0.1) is 9.85 Å². The predicted molar refractivity (Wildman–Crippen MR) is 104 cm³/mol. The SMILES string of the molecule is O=[N+]([O-])c1cc2ccccc2c(-c2c(O)c([N+](=O)[O-])cc3ccccc23)c1O. The minimum Gasteiger partial charge on any atom is -0.502 e. The van der Waals surface area contributed by atoms with Crippen LogP contribution in [0.1, 0.15) is 0 Å². The fraction of sp³-hybridized carbons (Fsp3) is 0. The largest absolute Gasteiger partial charge is 0.502 e. The number of aromatic hydroxyl groups is 2. The third kappa shape index (κ3) is 2.47. The molecule has 8 heteroatoms. The first-order valence-electron chi connectivity index (χ1n) is 8.18. The van der Waals surface area contributed by atoms with Crippen molar-refractivity contribution < 1.29 is 20.1 Å². The van der Waals surface area contributed by atoms with Gasteiger partial charge in [0.25, 0.3) is 0 Å². The van der Waals surface area contributed by atoms with Crippen molar-refractivity contribution >= 4 is 32.9 Å². The van der Waals surface area contributed by atoms with Gasteiger partial charge in [0, 0.05) is 23.3 Å². The minimum atomic E-state index is -0.734. The van der Waals surface area contributed by atoms with Crippen molar-refractivity contribution in [1.29, 1.82) is 0 Å². The Kier molecular flexibility index (Phi) is 3.82. The molecule has 0 aliphatic carbocycles. The summed E-state index contributed by atoms with van der Waals surface area (Å²) < 4.78 is 0. The second-order valence-corrected chi connectivity index (χ2v) is 6.20. The highest BCUT2D eigenvalue weighted by atomic mass is 16.6. The van der Waals surface area contributed by atoms with Crippen LogP contribution in [-0.2, 0) is 0 Å². The molecule has 4 rings (SSSR count). The molecule has 0 aliphatic rings. The molecule has 0 bridgehead atoms. The molecule has 0 radical (unpaired) electrons. The van der Waals surface area contributed by atoms with Crippen molar-refractivity contribution in [1.82, 2.24) is 0 Å². The van der Waals surface area contributed by atoms with Crippen LogP contribution in [0, 0.1) is 20.2 Å². The molecule has 0 amide bonds. The van der Waals surface area contributed by atoms with E-state index >= 15 is 0 Å². The molecular formula is C20H12N2O6. The maximum atomic E-state index is 11.4. The predicted octanol–water partition coefficient (Wildman–Crippen LogP) is 4.89. The van der Waals surface area contributed by atoms with Crippen LogP contribution in [-0.4, -0.2) is 20.1 Å². The van der Waals surface area contributed by atoms with Gasteiger partial charge in [0.15, 0.2) is 0 Å². The summed E-state index contributed by atoms with van der Waals surface area (Å²) in [5, 5.41) is 46.1. The average molecular weight is 376 g/mol. The number of rotatable bonds is 3. The molecule has 8 nitrogen and oxygen atoms in total. The van der Waals surface area contributed by atoms with E-state index < -0.39 is 32.7 Å². The lowest BCUT2D eigenvalue weighted by molar-refractivity contribution is -0.386. The fourth-order valence-corrected chi connectivity index (χ4v) is 3.43. The van der Waals surface area contributed by atoms with E-state index in [0.717, 1.165) is 0 Å². The van der Waals surface area contributed by atoms with E-state index in [1.165, 1.54) is 12.1 Å². The quantitative estimate of drug-likeness (QED) is 0.387. The zero-order valence-electron chi connectivity index (χ0n) is 14.2. The highest BCUT2D eigenvalue weighted by Crippen LogP contribution is 2.50. The Bertz CT molecular complexity index is 1200. The van der Waals surface area contributed by atoms with Gasteiger partial charge in [-0.2, -0.15) is 0 Å². The monoisotopic (exact) mass is 376 g/mol. The van der Waals surface area contributed by atoms with Crippen molar-refractivity contribution in [3.8, 4) is 22.6 Å². The van der Waals surface area contributed by atoms with Gasteiger partial charge in [-0.15, -0.1) is 0 Å². The maximum absolute atomic E-state index is 11.4. The molecule has 28 heavy (non-hydrogen) atoms. The molecule has 0 spiro atoms. The van der Waals surface area contributed by atoms with Crippen LogP contribution in [0.3, 0.4) is 0 Å². The van der Waals surface area contributed by atoms with E-state index in [2.05, 4.69) is 0 Å². The summed E-state index contributed by atoms with van der Waals surface area (Å²) in [7, 11) is 0. The van der Waals surface area contributed by atoms with E-state index in [4.69, 9.17) is 0 Å². The van der Waals surface area contributed by atoms with Crippen molar-refractivity contribution in [2.24, 2.45) is 0 Å². The highest BCUT2D eigenvalue weighted by Gasteiger charge is 2.28. The van der Waals surface area contributed by atoms with Gasteiger partial charge in [-0.3, -0.25) is 20.2 Å². The number of hydrogen-bond acceptors (Lipinski definition) is 6. The summed E-state index contributed by atoms with van der Waals surface area (Å²) in [4.78, 5) is 21.4. The normalized spacial score (nSPS) is 11.0. The van der Waals surface area contributed by atoms with Gasteiger partial charge in [0.2, 0.25) is 11.5 Å². The second kappa shape index (κ2) is 6.20. The molecule has 4 aromatic rings. The first-order chi connectivity index (χ1) is 13.4. The highest BCUT2D eigenvalue weighted by molar-refractivity contribution is 6.12. The van der Waals surface area contributed by atoms with Crippen LogP contribution in [0.4, 0.5) is 11.4 Å². The van der Waals surface area contributed by atoms with Gasteiger partial charge < -0.3 is 10.2 Å². The molecule has 0 saturated carbocycles. The fourth-order valence-electron chi connectivity index (χ4n) is 3.43. The second-order valence-electron chi connectivity index (χ2n) is 6.20. The standard InChI is InChI=1S/C20H12N2O6/c23-19-15(21(25)26)9-11-5-1-3-7-13(11)17(19)18-14-8-4-2-6-12(14)10-16(20(18)24)22(27)28/h1-10,23-24H. The molecule has 0 fully saturated rings. The van der Waals surface area contributed by atoms with Crippen LogP contribution in [0.5, 0.6) is 11.5 Å². The zero-order valence-corrected chi connectivity index (χ0v) is 14.2. The van der Waals surface area contributed by atoms with Gasteiger partial charge in [0.1, 0.15) is 0 Å². The number of phenolic OH excluding ortho intramolecular Hbond substituents is 2. The lowest BCUT2D eigenvalue weighted by Crippen LogP contribution is -1.95. The number of fused-ring (bicyclic) bond motifs is 2. The van der Waals surface area contributed by atoms with Crippen LogP contribution in [0.15, 0.2) is 60.7 Å². The molecule has 0 atom stereocenters. The van der Waals surface area contributed by atoms with Gasteiger partial charge in [-0.05, 0) is 21.5 Å². The summed E-state index contributed by atoms with van der Waals surface area (Å²) in [6.45, 7) is 0. The first kappa shape index (κ1) is 17.2. The van der Waals surface area contributed by atoms with E-state index in [1.54, 1.807) is 48.5 Å². The average Bonchev–Trinajstić information content (AvgIpc) is 2.67. The van der Waals surface area contributed by atoms with Crippen LogP contribution in [0.2, 0.25) is 0 Å². The first-order valence-corrected chi connectivity index (χ1v) is 8.18. The van der Waals surface area contributed by atoms with Gasteiger partial charge in [-0.25, -0.2) is 0 Å². The third-order valence-corrected chi connectivity index (χ3v) is 4.65. The number of phenols is 2. The Morgan fingerprint density at radius 1 is 0.643 bits per heavy atom. The summed E-state index contributed by atoms with van der Waals surface area (Å²) in [6, 6.07) is 15.7. The Morgan fingerprint density at radius 2 is 1.00 bits per heavy atom. The Balaban J connectivity index is 2.28. The summed E-state index contributed by atoms with van der Waals surface area (Å²) in [5.41, 5.74) is -1.16. The molecule has 0 unspecified atom stereocenters. The molecule has 0 saturated heterocycles. The van der Waals surface area contributed by atoms with E-state index in [1.807, 2.05) is 0 Å². The van der Waals surface area contributed by atoms with Crippen LogP contribution in [0.25, 0.3) is 32.7 Å². The smallest absolute Gasteiger partial charge is 0.312 e. The van der Waals surface area contributed by atoms with Crippen molar-refractivity contribution in [3.05, 3.63) is 80.9 Å². The van der Waals surface area contributed by atoms with Crippen molar-refractivity contribution in [2.75, 3.05) is 0 Å². The molecule has 138 valence electrons. The van der Waals surface area contributed by atoms with E-state index in [9.17, 15) is 30.4 Å². The number of nitro groups is 2. The Morgan fingerprint density at radius 3 is 1.36 bits per heavy atom. The minimum absolute atomic E-state index is 0.0257. The molecular weight excluding hydrogens is 364 g/mol. The zero-order chi connectivity index (χ0) is 20.0. The lowest BCUT2D eigenvalue weighted by Gasteiger charge is -2.14. The molecule has 2 N–H and O–H groups in total. The number of nitrogens with zero attached hydrogens (tertiary/aromatic N) is 2. The maximum Gasteiger partial charge on any atom is 0.312 e. The summed E-state index contributed by atoms with van der Waals surface area (Å²) >= 11 is 0. The lowest BCUT2D eigenvalue weighted by atomic mass is 9.91. The molecule has 4 aromatic carbocycles. The van der Waals surface area contributed by atoms with Crippen LogP contribution < -0.4 is 0 Å². The number of nitro benzene ring substituents is 2. The molecule has 0 heterocycles. The molecule has 0 aromatic heterocycles.